The number of hydrogen-bond donors (Lipinski definition) is 1. The number of carbonyl (C=O) groups is 1. The van der Waals surface area contributed by atoms with Gasteiger partial charge in [-0.25, -0.2) is 9.50 Å². The number of carbonyl (C=O) groups excluding carboxylic acids is 1. The Morgan fingerprint density at radius 2 is 2.19 bits per heavy atom. The van der Waals surface area contributed by atoms with Crippen LogP contribution < -0.4 is 0 Å². The highest BCUT2D eigenvalue weighted by Crippen LogP contribution is 2.22. The number of hydrogen-bond acceptors (Lipinski definition) is 3. The fourth-order valence-corrected chi connectivity index (χ4v) is 3.82. The number of aromatic amines is 1. The maximum absolute atomic E-state index is 12.9. The fourth-order valence-electron chi connectivity index (χ4n) is 3.82. The molecule has 6 heteroatoms. The van der Waals surface area contributed by atoms with Crippen molar-refractivity contribution < 1.29 is 4.79 Å². The standard InChI is InChI=1S/C20H19N5O/c1-13-8-19-22-11-15-12-24(7-6-18(15)25(19)23-13)20(26)9-14-10-21-17-5-3-2-4-16(14)17/h2-5,8,10-11,21H,6-7,9,12H2,1H3. The Morgan fingerprint density at radius 1 is 1.31 bits per heavy atom. The van der Waals surface area contributed by atoms with Crippen LogP contribution in [0.5, 0.6) is 0 Å². The lowest BCUT2D eigenvalue weighted by Crippen LogP contribution is -2.37. The molecule has 1 aliphatic rings. The van der Waals surface area contributed by atoms with Gasteiger partial charge in [-0.2, -0.15) is 5.10 Å². The Labute approximate surface area is 150 Å². The van der Waals surface area contributed by atoms with E-state index < -0.39 is 0 Å². The van der Waals surface area contributed by atoms with E-state index in [0.29, 0.717) is 19.5 Å². The SMILES string of the molecule is Cc1cc2ncc3c(n2n1)CCN(C(=O)Cc1c[nH]c2ccccc12)C3. The highest BCUT2D eigenvalue weighted by atomic mass is 16.2. The van der Waals surface area contributed by atoms with E-state index in [9.17, 15) is 4.79 Å². The molecule has 3 aromatic heterocycles. The van der Waals surface area contributed by atoms with Crippen molar-refractivity contribution in [1.29, 1.82) is 0 Å². The number of H-pyrrole nitrogens is 1. The number of para-hydroxylation sites is 1. The minimum atomic E-state index is 0.150. The van der Waals surface area contributed by atoms with Crippen molar-refractivity contribution in [2.75, 3.05) is 6.54 Å². The van der Waals surface area contributed by atoms with E-state index >= 15 is 0 Å². The van der Waals surface area contributed by atoms with Gasteiger partial charge in [-0.1, -0.05) is 18.2 Å². The molecule has 0 spiro atoms. The minimum Gasteiger partial charge on any atom is -0.361 e. The van der Waals surface area contributed by atoms with Crippen LogP contribution in [0.15, 0.2) is 42.7 Å². The number of benzene rings is 1. The first-order chi connectivity index (χ1) is 12.7. The monoisotopic (exact) mass is 345 g/mol. The van der Waals surface area contributed by atoms with E-state index in [0.717, 1.165) is 39.8 Å². The first-order valence-electron chi connectivity index (χ1n) is 8.85. The number of amides is 1. The van der Waals surface area contributed by atoms with Crippen LogP contribution in [0, 0.1) is 6.92 Å². The lowest BCUT2D eigenvalue weighted by atomic mass is 10.1. The molecule has 1 N–H and O–H groups in total. The summed E-state index contributed by atoms with van der Waals surface area (Å²) in [5, 5.41) is 5.66. The predicted molar refractivity (Wildman–Crippen MR) is 98.8 cm³/mol. The summed E-state index contributed by atoms with van der Waals surface area (Å²) < 4.78 is 1.92. The Hall–Kier alpha value is -3.15. The Kier molecular flexibility index (Phi) is 3.31. The van der Waals surface area contributed by atoms with Crippen LogP contribution in [-0.2, 0) is 24.2 Å². The number of rotatable bonds is 2. The zero-order chi connectivity index (χ0) is 17.7. The molecule has 1 aliphatic heterocycles. The molecule has 0 radical (unpaired) electrons. The summed E-state index contributed by atoms with van der Waals surface area (Å²) in [5.41, 5.74) is 6.20. The van der Waals surface area contributed by atoms with Gasteiger partial charge in [0.1, 0.15) is 0 Å². The van der Waals surface area contributed by atoms with Crippen LogP contribution in [0.25, 0.3) is 16.6 Å². The van der Waals surface area contributed by atoms with Crippen LogP contribution in [0.1, 0.15) is 22.5 Å². The highest BCUT2D eigenvalue weighted by Gasteiger charge is 2.24. The number of nitrogens with zero attached hydrogens (tertiary/aromatic N) is 4. The Morgan fingerprint density at radius 3 is 3.12 bits per heavy atom. The quantitative estimate of drug-likeness (QED) is 0.607. The molecule has 1 amide bonds. The summed E-state index contributed by atoms with van der Waals surface area (Å²) in [6.45, 7) is 3.28. The predicted octanol–water partition coefficient (Wildman–Crippen LogP) is 2.65. The van der Waals surface area contributed by atoms with Crippen LogP contribution in [0.4, 0.5) is 0 Å². The number of aryl methyl sites for hydroxylation is 1. The van der Waals surface area contributed by atoms with Gasteiger partial charge in [0.05, 0.1) is 17.8 Å². The average molecular weight is 345 g/mol. The van der Waals surface area contributed by atoms with Crippen LogP contribution in [0.3, 0.4) is 0 Å². The van der Waals surface area contributed by atoms with Crippen molar-refractivity contribution in [2.45, 2.75) is 26.3 Å². The van der Waals surface area contributed by atoms with Crippen LogP contribution in [-0.4, -0.2) is 36.9 Å². The molecule has 4 heterocycles. The Balaban J connectivity index is 1.40. The van der Waals surface area contributed by atoms with E-state index in [2.05, 4.69) is 21.1 Å². The zero-order valence-corrected chi connectivity index (χ0v) is 14.6. The number of fused-ring (bicyclic) bond motifs is 4. The summed E-state index contributed by atoms with van der Waals surface area (Å²) in [4.78, 5) is 22.5. The van der Waals surface area contributed by atoms with Gasteiger partial charge in [-0.05, 0) is 18.6 Å². The topological polar surface area (TPSA) is 66.3 Å². The first-order valence-corrected chi connectivity index (χ1v) is 8.85. The van der Waals surface area contributed by atoms with Gasteiger partial charge in [-0.3, -0.25) is 4.79 Å². The summed E-state index contributed by atoms with van der Waals surface area (Å²) in [6, 6.07) is 10.1. The molecule has 0 aliphatic carbocycles. The van der Waals surface area contributed by atoms with Crippen molar-refractivity contribution in [3.05, 3.63) is 65.2 Å². The molecule has 0 fully saturated rings. The lowest BCUT2D eigenvalue weighted by Gasteiger charge is -2.28. The van der Waals surface area contributed by atoms with Gasteiger partial charge < -0.3 is 9.88 Å². The molecular weight excluding hydrogens is 326 g/mol. The summed E-state index contributed by atoms with van der Waals surface area (Å²) in [6.07, 6.45) is 5.04. The van der Waals surface area contributed by atoms with Crippen molar-refractivity contribution in [2.24, 2.45) is 0 Å². The van der Waals surface area contributed by atoms with Crippen molar-refractivity contribution in [3.8, 4) is 0 Å². The molecule has 130 valence electrons. The van der Waals surface area contributed by atoms with Crippen molar-refractivity contribution in [1.82, 2.24) is 24.5 Å². The van der Waals surface area contributed by atoms with E-state index in [1.807, 2.05) is 53.0 Å². The molecular formula is C20H19N5O. The van der Waals surface area contributed by atoms with Crippen LogP contribution in [0.2, 0.25) is 0 Å². The van der Waals surface area contributed by atoms with Crippen molar-refractivity contribution >= 4 is 22.5 Å². The molecule has 0 saturated carbocycles. The van der Waals surface area contributed by atoms with Crippen LogP contribution >= 0.6 is 0 Å². The van der Waals surface area contributed by atoms with Crippen molar-refractivity contribution in [3.63, 3.8) is 0 Å². The lowest BCUT2D eigenvalue weighted by molar-refractivity contribution is -0.131. The minimum absolute atomic E-state index is 0.150. The number of aromatic nitrogens is 4. The Bertz CT molecular complexity index is 1140. The summed E-state index contributed by atoms with van der Waals surface area (Å²) >= 11 is 0. The molecule has 4 aromatic rings. The summed E-state index contributed by atoms with van der Waals surface area (Å²) in [5.74, 6) is 0.150. The zero-order valence-electron chi connectivity index (χ0n) is 14.6. The van der Waals surface area contributed by atoms with E-state index in [4.69, 9.17) is 0 Å². The second kappa shape index (κ2) is 5.69. The third-order valence-corrected chi connectivity index (χ3v) is 5.14. The largest absolute Gasteiger partial charge is 0.361 e. The molecule has 5 rings (SSSR count). The molecule has 26 heavy (non-hydrogen) atoms. The maximum Gasteiger partial charge on any atom is 0.227 e. The molecule has 0 bridgehead atoms. The fraction of sp³-hybridized carbons (Fsp3) is 0.250. The third-order valence-electron chi connectivity index (χ3n) is 5.14. The van der Waals surface area contributed by atoms with E-state index in [1.54, 1.807) is 0 Å². The second-order valence-corrected chi connectivity index (χ2v) is 6.89. The van der Waals surface area contributed by atoms with Gasteiger partial charge in [0.15, 0.2) is 5.65 Å². The summed E-state index contributed by atoms with van der Waals surface area (Å²) in [7, 11) is 0. The second-order valence-electron chi connectivity index (χ2n) is 6.89. The van der Waals surface area contributed by atoms with E-state index in [-0.39, 0.29) is 5.91 Å². The molecule has 6 nitrogen and oxygen atoms in total. The molecule has 0 unspecified atom stereocenters. The van der Waals surface area contributed by atoms with Gasteiger partial charge in [0, 0.05) is 54.4 Å². The highest BCUT2D eigenvalue weighted by molar-refractivity contribution is 5.89. The van der Waals surface area contributed by atoms with Gasteiger partial charge in [-0.15, -0.1) is 0 Å². The van der Waals surface area contributed by atoms with Gasteiger partial charge in [0.2, 0.25) is 5.91 Å². The normalized spacial score (nSPS) is 14.1. The maximum atomic E-state index is 12.9. The van der Waals surface area contributed by atoms with Gasteiger partial charge >= 0.3 is 0 Å². The molecule has 1 aromatic carbocycles. The third kappa shape index (κ3) is 2.37. The van der Waals surface area contributed by atoms with E-state index in [1.165, 1.54) is 5.69 Å². The molecule has 0 atom stereocenters. The first kappa shape index (κ1) is 15.1. The molecule has 0 saturated heterocycles. The average Bonchev–Trinajstić information content (AvgIpc) is 3.24. The number of nitrogens with one attached hydrogen (secondary N) is 1. The van der Waals surface area contributed by atoms with Gasteiger partial charge in [0.25, 0.3) is 0 Å². The smallest absolute Gasteiger partial charge is 0.227 e.